The van der Waals surface area contributed by atoms with Gasteiger partial charge in [-0.3, -0.25) is 9.67 Å². The molecule has 0 aliphatic carbocycles. The Bertz CT molecular complexity index is 729. The van der Waals surface area contributed by atoms with E-state index in [1.54, 1.807) is 6.20 Å². The first-order valence-corrected chi connectivity index (χ1v) is 7.07. The highest BCUT2D eigenvalue weighted by atomic mass is 35.5. The number of imidazole rings is 1. The Morgan fingerprint density at radius 3 is 2.90 bits per heavy atom. The molecule has 0 aliphatic rings. The average Bonchev–Trinajstić information content (AvgIpc) is 2.96. The van der Waals surface area contributed by atoms with Gasteiger partial charge in [0, 0.05) is 26.0 Å². The Morgan fingerprint density at radius 2 is 2.20 bits per heavy atom. The lowest BCUT2D eigenvalue weighted by atomic mass is 10.2. The van der Waals surface area contributed by atoms with Crippen molar-refractivity contribution in [3.63, 3.8) is 0 Å². The summed E-state index contributed by atoms with van der Waals surface area (Å²) in [5.74, 6) is 1.29. The maximum Gasteiger partial charge on any atom is 0.158 e. The molecule has 0 saturated heterocycles. The quantitative estimate of drug-likeness (QED) is 0.693. The van der Waals surface area contributed by atoms with Crippen LogP contribution in [0, 0.1) is 6.92 Å². The second-order valence-electron chi connectivity index (χ2n) is 4.81. The fourth-order valence-corrected chi connectivity index (χ4v) is 2.71. The number of rotatable bonds is 4. The van der Waals surface area contributed by atoms with Gasteiger partial charge in [-0.1, -0.05) is 6.07 Å². The summed E-state index contributed by atoms with van der Waals surface area (Å²) < 4.78 is 4.02. The first-order chi connectivity index (χ1) is 9.70. The van der Waals surface area contributed by atoms with Crippen molar-refractivity contribution in [2.24, 2.45) is 7.05 Å². The predicted molar refractivity (Wildman–Crippen MR) is 78.7 cm³/mol. The summed E-state index contributed by atoms with van der Waals surface area (Å²) in [7, 11) is 1.94. The second kappa shape index (κ2) is 5.25. The van der Waals surface area contributed by atoms with E-state index in [1.165, 1.54) is 5.56 Å². The van der Waals surface area contributed by atoms with Crippen LogP contribution in [-0.2, 0) is 25.9 Å². The van der Waals surface area contributed by atoms with E-state index in [0.29, 0.717) is 5.88 Å². The van der Waals surface area contributed by atoms with Crippen LogP contribution in [0.5, 0.6) is 0 Å². The fraction of sp³-hybridized carbons (Fsp3) is 0.357. The minimum atomic E-state index is 0.404. The summed E-state index contributed by atoms with van der Waals surface area (Å²) in [5, 5.41) is 4.42. The number of pyridine rings is 1. The smallest absolute Gasteiger partial charge is 0.158 e. The van der Waals surface area contributed by atoms with E-state index in [2.05, 4.69) is 25.7 Å². The van der Waals surface area contributed by atoms with Crippen LogP contribution in [0.4, 0.5) is 0 Å². The van der Waals surface area contributed by atoms with Gasteiger partial charge in [-0.15, -0.1) is 11.6 Å². The molecule has 3 aromatic rings. The van der Waals surface area contributed by atoms with Crippen LogP contribution < -0.4 is 0 Å². The van der Waals surface area contributed by atoms with Crippen LogP contribution in [0.2, 0.25) is 0 Å². The van der Waals surface area contributed by atoms with Crippen LogP contribution in [0.3, 0.4) is 0 Å². The van der Waals surface area contributed by atoms with Gasteiger partial charge in [0.05, 0.1) is 11.6 Å². The van der Waals surface area contributed by atoms with E-state index in [1.807, 2.05) is 30.9 Å². The molecule has 5 nitrogen and oxygen atoms in total. The number of fused-ring (bicyclic) bond motifs is 1. The van der Waals surface area contributed by atoms with Crippen molar-refractivity contribution in [1.29, 1.82) is 0 Å². The zero-order chi connectivity index (χ0) is 14.1. The van der Waals surface area contributed by atoms with Crippen LogP contribution in [0.15, 0.2) is 24.5 Å². The third kappa shape index (κ3) is 2.18. The maximum atomic E-state index is 6.02. The summed E-state index contributed by atoms with van der Waals surface area (Å²) in [6, 6.07) is 4.03. The number of hydrogen-bond donors (Lipinski definition) is 0. The first-order valence-electron chi connectivity index (χ1n) is 6.54. The normalized spacial score (nSPS) is 11.3. The number of nitrogens with zero attached hydrogens (tertiary/aromatic N) is 5. The minimum Gasteiger partial charge on any atom is -0.312 e. The molecule has 0 aliphatic heterocycles. The SMILES string of the molecule is Cc1nn(C)c2c1nc(CCl)n2CCc1cccnc1. The molecule has 0 amide bonds. The van der Waals surface area contributed by atoms with E-state index in [9.17, 15) is 0 Å². The molecule has 3 rings (SSSR count). The molecular formula is C14H16ClN5. The highest BCUT2D eigenvalue weighted by molar-refractivity contribution is 6.16. The van der Waals surface area contributed by atoms with Gasteiger partial charge in [0.15, 0.2) is 5.65 Å². The molecule has 3 aromatic heterocycles. The maximum absolute atomic E-state index is 6.02. The summed E-state index contributed by atoms with van der Waals surface area (Å²) in [6.45, 7) is 2.79. The number of aromatic nitrogens is 5. The van der Waals surface area contributed by atoms with E-state index in [-0.39, 0.29) is 0 Å². The van der Waals surface area contributed by atoms with Gasteiger partial charge in [-0.05, 0) is 25.0 Å². The molecule has 0 aromatic carbocycles. The average molecular weight is 290 g/mol. The third-order valence-electron chi connectivity index (χ3n) is 3.44. The molecule has 0 saturated carbocycles. The van der Waals surface area contributed by atoms with Gasteiger partial charge in [0.1, 0.15) is 11.3 Å². The standard InChI is InChI=1S/C14H16ClN5/c1-10-13-14(19(2)18-10)20(12(8-15)17-13)7-5-11-4-3-6-16-9-11/h3-4,6,9H,5,7-8H2,1-2H3. The van der Waals surface area contributed by atoms with Crippen LogP contribution >= 0.6 is 11.6 Å². The lowest BCUT2D eigenvalue weighted by molar-refractivity contribution is 0.650. The number of halogens is 1. The molecule has 0 atom stereocenters. The van der Waals surface area contributed by atoms with Crippen LogP contribution in [0.1, 0.15) is 17.1 Å². The van der Waals surface area contributed by atoms with Gasteiger partial charge < -0.3 is 4.57 Å². The van der Waals surface area contributed by atoms with E-state index >= 15 is 0 Å². The predicted octanol–water partition coefficient (Wildman–Crippen LogP) is 2.45. The van der Waals surface area contributed by atoms with Crippen molar-refractivity contribution < 1.29 is 0 Å². The molecule has 0 bridgehead atoms. The zero-order valence-electron chi connectivity index (χ0n) is 11.5. The van der Waals surface area contributed by atoms with Crippen LogP contribution in [-0.4, -0.2) is 24.3 Å². The van der Waals surface area contributed by atoms with E-state index in [4.69, 9.17) is 11.6 Å². The van der Waals surface area contributed by atoms with Crippen molar-refractivity contribution in [3.05, 3.63) is 41.6 Å². The molecule has 0 spiro atoms. The van der Waals surface area contributed by atoms with Gasteiger partial charge in [0.25, 0.3) is 0 Å². The topological polar surface area (TPSA) is 48.5 Å². The van der Waals surface area contributed by atoms with Gasteiger partial charge in [0.2, 0.25) is 0 Å². The lowest BCUT2D eigenvalue weighted by Crippen LogP contribution is -2.08. The molecule has 6 heteroatoms. The minimum absolute atomic E-state index is 0.404. The van der Waals surface area contributed by atoms with Crippen molar-refractivity contribution >= 4 is 22.8 Å². The molecule has 3 heterocycles. The third-order valence-corrected chi connectivity index (χ3v) is 3.67. The van der Waals surface area contributed by atoms with Gasteiger partial charge in [-0.2, -0.15) is 5.10 Å². The molecule has 0 fully saturated rings. The molecule has 0 radical (unpaired) electrons. The Balaban J connectivity index is 1.97. The molecular weight excluding hydrogens is 274 g/mol. The number of aryl methyl sites for hydroxylation is 4. The lowest BCUT2D eigenvalue weighted by Gasteiger charge is -2.08. The van der Waals surface area contributed by atoms with E-state index < -0.39 is 0 Å². The number of hydrogen-bond acceptors (Lipinski definition) is 3. The van der Waals surface area contributed by atoms with Crippen molar-refractivity contribution in [3.8, 4) is 0 Å². The highest BCUT2D eigenvalue weighted by Crippen LogP contribution is 2.20. The first kappa shape index (κ1) is 13.1. The molecule has 104 valence electrons. The van der Waals surface area contributed by atoms with Gasteiger partial charge in [-0.25, -0.2) is 4.98 Å². The zero-order valence-corrected chi connectivity index (χ0v) is 12.3. The second-order valence-corrected chi connectivity index (χ2v) is 5.07. The fourth-order valence-electron chi connectivity index (χ4n) is 2.50. The van der Waals surface area contributed by atoms with Crippen molar-refractivity contribution in [2.45, 2.75) is 25.8 Å². The van der Waals surface area contributed by atoms with Crippen molar-refractivity contribution in [2.75, 3.05) is 0 Å². The molecule has 20 heavy (non-hydrogen) atoms. The Labute approximate surface area is 122 Å². The Hall–Kier alpha value is -1.88. The largest absolute Gasteiger partial charge is 0.312 e. The molecule has 0 N–H and O–H groups in total. The summed E-state index contributed by atoms with van der Waals surface area (Å²) in [4.78, 5) is 8.74. The highest BCUT2D eigenvalue weighted by Gasteiger charge is 2.16. The Kier molecular flexibility index (Phi) is 3.44. The number of alkyl halides is 1. The summed E-state index contributed by atoms with van der Waals surface area (Å²) in [6.07, 6.45) is 4.57. The summed E-state index contributed by atoms with van der Waals surface area (Å²) >= 11 is 6.02. The van der Waals surface area contributed by atoms with Gasteiger partial charge >= 0.3 is 0 Å². The summed E-state index contributed by atoms with van der Waals surface area (Å²) in [5.41, 5.74) is 4.11. The van der Waals surface area contributed by atoms with Crippen LogP contribution in [0.25, 0.3) is 11.2 Å². The van der Waals surface area contributed by atoms with Crippen molar-refractivity contribution in [1.82, 2.24) is 24.3 Å². The monoisotopic (exact) mass is 289 g/mol. The Morgan fingerprint density at radius 1 is 1.35 bits per heavy atom. The molecule has 0 unspecified atom stereocenters. The van der Waals surface area contributed by atoms with E-state index in [0.717, 1.165) is 35.6 Å².